The third-order valence-electron chi connectivity index (χ3n) is 5.62. The minimum Gasteiger partial charge on any atom is -0.357 e. The Labute approximate surface area is 157 Å². The molecule has 142 valence electrons. The number of aliphatic imine (C=N–C) groups is 1. The molecule has 5 nitrogen and oxygen atoms in total. The second-order valence-electron chi connectivity index (χ2n) is 7.65. The summed E-state index contributed by atoms with van der Waals surface area (Å²) in [4.78, 5) is 19.4. The maximum absolute atomic E-state index is 12.1. The van der Waals surface area contributed by atoms with Crippen molar-refractivity contribution in [3.05, 3.63) is 35.4 Å². The van der Waals surface area contributed by atoms with E-state index in [4.69, 9.17) is 4.99 Å². The van der Waals surface area contributed by atoms with Crippen LogP contribution in [0.25, 0.3) is 0 Å². The van der Waals surface area contributed by atoms with Gasteiger partial charge in [0.05, 0.1) is 6.54 Å². The van der Waals surface area contributed by atoms with E-state index < -0.39 is 0 Å². The van der Waals surface area contributed by atoms with E-state index in [9.17, 15) is 4.79 Å². The van der Waals surface area contributed by atoms with E-state index in [0.717, 1.165) is 37.6 Å². The lowest BCUT2D eigenvalue weighted by molar-refractivity contribution is 0.0953. The van der Waals surface area contributed by atoms with Crippen molar-refractivity contribution in [2.45, 2.75) is 52.5 Å². The largest absolute Gasteiger partial charge is 0.357 e. The lowest BCUT2D eigenvalue weighted by Crippen LogP contribution is -2.42. The zero-order valence-electron chi connectivity index (χ0n) is 16.2. The third kappa shape index (κ3) is 4.37. The van der Waals surface area contributed by atoms with Crippen molar-refractivity contribution < 1.29 is 4.79 Å². The highest BCUT2D eigenvalue weighted by Crippen LogP contribution is 2.47. The number of hydrogen-bond acceptors (Lipinski definition) is 2. The number of hydrogen-bond donors (Lipinski definition) is 2. The van der Waals surface area contributed by atoms with E-state index >= 15 is 0 Å². The molecule has 1 aromatic carbocycles. The van der Waals surface area contributed by atoms with Gasteiger partial charge in [0.15, 0.2) is 5.96 Å². The molecule has 26 heavy (non-hydrogen) atoms. The first-order chi connectivity index (χ1) is 12.7. The van der Waals surface area contributed by atoms with Crippen LogP contribution in [0, 0.1) is 5.41 Å². The number of nitrogens with zero attached hydrogens (tertiary/aromatic N) is 2. The Balaban J connectivity index is 1.65. The maximum Gasteiger partial charge on any atom is 0.251 e. The average molecular weight is 357 g/mol. The van der Waals surface area contributed by atoms with E-state index in [0.29, 0.717) is 24.1 Å². The summed E-state index contributed by atoms with van der Waals surface area (Å²) in [7, 11) is 0. The predicted molar refractivity (Wildman–Crippen MR) is 106 cm³/mol. The molecule has 1 aliphatic carbocycles. The van der Waals surface area contributed by atoms with E-state index in [1.165, 1.54) is 25.7 Å². The van der Waals surface area contributed by atoms with Crippen molar-refractivity contribution in [1.29, 1.82) is 0 Å². The Morgan fingerprint density at radius 3 is 2.73 bits per heavy atom. The molecule has 0 bridgehead atoms. The molecule has 3 rings (SSSR count). The fourth-order valence-corrected chi connectivity index (χ4v) is 3.94. The van der Waals surface area contributed by atoms with Crippen molar-refractivity contribution in [3.63, 3.8) is 0 Å². The van der Waals surface area contributed by atoms with Gasteiger partial charge in [-0.05, 0) is 55.7 Å². The van der Waals surface area contributed by atoms with Crippen molar-refractivity contribution in [2.24, 2.45) is 10.4 Å². The number of likely N-dealkylation sites (tertiary alicyclic amines) is 1. The van der Waals surface area contributed by atoms with E-state index in [-0.39, 0.29) is 5.91 Å². The highest BCUT2D eigenvalue weighted by Gasteiger charge is 2.43. The number of rotatable bonds is 6. The summed E-state index contributed by atoms with van der Waals surface area (Å²) in [5.41, 5.74) is 2.35. The molecule has 2 aliphatic rings. The smallest absolute Gasteiger partial charge is 0.251 e. The van der Waals surface area contributed by atoms with Crippen LogP contribution < -0.4 is 10.6 Å². The van der Waals surface area contributed by atoms with Gasteiger partial charge in [-0.15, -0.1) is 0 Å². The molecule has 1 amide bonds. The summed E-state index contributed by atoms with van der Waals surface area (Å²) in [6.07, 6.45) is 6.37. The zero-order chi connectivity index (χ0) is 18.4. The predicted octanol–water partition coefficient (Wildman–Crippen LogP) is 3.17. The summed E-state index contributed by atoms with van der Waals surface area (Å²) in [5, 5.41) is 6.37. The number of benzene rings is 1. The first-order valence-electron chi connectivity index (χ1n) is 10.1. The van der Waals surface area contributed by atoms with Gasteiger partial charge in [-0.25, -0.2) is 4.99 Å². The number of amides is 1. The lowest BCUT2D eigenvalue weighted by Gasteiger charge is -2.38. The topological polar surface area (TPSA) is 56.7 Å². The number of carbonyl (C=O) groups excluding carboxylic acids is 1. The van der Waals surface area contributed by atoms with Gasteiger partial charge in [0.1, 0.15) is 0 Å². The molecule has 0 aromatic heterocycles. The van der Waals surface area contributed by atoms with E-state index in [2.05, 4.69) is 29.4 Å². The van der Waals surface area contributed by atoms with Gasteiger partial charge in [0.25, 0.3) is 5.91 Å². The van der Waals surface area contributed by atoms with Crippen LogP contribution >= 0.6 is 0 Å². The molecule has 1 aliphatic heterocycles. The Hall–Kier alpha value is -2.04. The normalized spacial score (nSPS) is 18.7. The van der Waals surface area contributed by atoms with Crippen LogP contribution in [0.2, 0.25) is 0 Å². The van der Waals surface area contributed by atoms with Gasteiger partial charge in [-0.3, -0.25) is 4.79 Å². The molecule has 2 N–H and O–H groups in total. The van der Waals surface area contributed by atoms with Crippen molar-refractivity contribution in [3.8, 4) is 0 Å². The molecule has 5 heteroatoms. The summed E-state index contributed by atoms with van der Waals surface area (Å²) < 4.78 is 0. The second kappa shape index (κ2) is 8.56. The van der Waals surface area contributed by atoms with Gasteiger partial charge >= 0.3 is 0 Å². The van der Waals surface area contributed by atoms with Gasteiger partial charge < -0.3 is 15.5 Å². The first-order valence-corrected chi connectivity index (χ1v) is 10.1. The summed E-state index contributed by atoms with van der Waals surface area (Å²) >= 11 is 0. The van der Waals surface area contributed by atoms with Crippen LogP contribution in [0.1, 0.15) is 61.9 Å². The van der Waals surface area contributed by atoms with Crippen LogP contribution in [0.4, 0.5) is 0 Å². The highest BCUT2D eigenvalue weighted by molar-refractivity contribution is 5.94. The molecular formula is C21H32N4O. The third-order valence-corrected chi connectivity index (χ3v) is 5.62. The fraction of sp³-hybridized carbons (Fsp3) is 0.619. The van der Waals surface area contributed by atoms with Gasteiger partial charge in [0, 0.05) is 31.7 Å². The van der Waals surface area contributed by atoms with Crippen molar-refractivity contribution in [1.82, 2.24) is 15.5 Å². The summed E-state index contributed by atoms with van der Waals surface area (Å²) in [6.45, 7) is 8.60. The Morgan fingerprint density at radius 1 is 1.23 bits per heavy atom. The van der Waals surface area contributed by atoms with Crippen molar-refractivity contribution in [2.75, 3.05) is 26.2 Å². The Bertz CT molecular complexity index is 651. The summed E-state index contributed by atoms with van der Waals surface area (Å²) in [6, 6.07) is 7.80. The second-order valence-corrected chi connectivity index (χ2v) is 7.65. The molecule has 0 unspecified atom stereocenters. The number of nitrogens with one attached hydrogen (secondary N) is 2. The van der Waals surface area contributed by atoms with E-state index in [1.54, 1.807) is 0 Å². The molecule has 1 saturated carbocycles. The first kappa shape index (κ1) is 18.7. The molecule has 1 heterocycles. The number of carbonyl (C=O) groups is 1. The highest BCUT2D eigenvalue weighted by atomic mass is 16.1. The summed E-state index contributed by atoms with van der Waals surface area (Å²) in [5.74, 6) is 1.01. The van der Waals surface area contributed by atoms with Crippen molar-refractivity contribution >= 4 is 11.9 Å². The van der Waals surface area contributed by atoms with Crippen LogP contribution in [0.5, 0.6) is 0 Å². The van der Waals surface area contributed by atoms with Crippen LogP contribution in [0.3, 0.4) is 0 Å². The SMILES string of the molecule is CCCNC(=O)c1cccc(CN=C(NCC)N2CCC3(CCC3)C2)c1. The quantitative estimate of drug-likeness (QED) is 0.608. The lowest BCUT2D eigenvalue weighted by atomic mass is 9.68. The molecule has 2 fully saturated rings. The molecule has 1 saturated heterocycles. The molecule has 0 atom stereocenters. The zero-order valence-corrected chi connectivity index (χ0v) is 16.2. The maximum atomic E-state index is 12.1. The Morgan fingerprint density at radius 2 is 2.08 bits per heavy atom. The van der Waals surface area contributed by atoms with Crippen LogP contribution in [-0.4, -0.2) is 42.9 Å². The van der Waals surface area contributed by atoms with Gasteiger partial charge in [-0.1, -0.05) is 25.5 Å². The number of guanidine groups is 1. The Kier molecular flexibility index (Phi) is 6.17. The van der Waals surface area contributed by atoms with Crippen LogP contribution in [0.15, 0.2) is 29.3 Å². The molecule has 1 spiro atoms. The minimum absolute atomic E-state index is 0.00365. The van der Waals surface area contributed by atoms with Gasteiger partial charge in [-0.2, -0.15) is 0 Å². The fourth-order valence-electron chi connectivity index (χ4n) is 3.94. The van der Waals surface area contributed by atoms with E-state index in [1.807, 2.05) is 24.3 Å². The molecular weight excluding hydrogens is 324 g/mol. The minimum atomic E-state index is -0.00365. The molecule has 0 radical (unpaired) electrons. The van der Waals surface area contributed by atoms with Crippen LogP contribution in [-0.2, 0) is 6.54 Å². The molecule has 1 aromatic rings. The average Bonchev–Trinajstić information content (AvgIpc) is 3.09. The monoisotopic (exact) mass is 356 g/mol. The standard InChI is InChI=1S/C21H32N4O/c1-3-12-23-19(26)18-8-5-7-17(14-18)15-24-20(22-4-2)25-13-11-21(16-25)9-6-10-21/h5,7-8,14H,3-4,6,9-13,15-16H2,1-2H3,(H,22,24)(H,23,26). The van der Waals surface area contributed by atoms with Gasteiger partial charge in [0.2, 0.25) is 0 Å².